The van der Waals surface area contributed by atoms with E-state index in [9.17, 15) is 4.79 Å². The van der Waals surface area contributed by atoms with E-state index in [1.807, 2.05) is 23.1 Å². The van der Waals surface area contributed by atoms with Crippen molar-refractivity contribution < 1.29 is 4.79 Å². The number of likely N-dealkylation sites (tertiary alicyclic amines) is 1. The number of benzene rings is 1. The van der Waals surface area contributed by atoms with Crippen molar-refractivity contribution in [1.82, 2.24) is 15.1 Å². The Bertz CT molecular complexity index is 774. The highest BCUT2D eigenvalue weighted by atomic mass is 16.2. The van der Waals surface area contributed by atoms with E-state index in [-0.39, 0.29) is 5.91 Å². The fourth-order valence-corrected chi connectivity index (χ4v) is 4.02. The number of piperidine rings is 1. The van der Waals surface area contributed by atoms with E-state index in [0.29, 0.717) is 17.7 Å². The summed E-state index contributed by atoms with van der Waals surface area (Å²) in [5, 5.41) is 8.62. The summed E-state index contributed by atoms with van der Waals surface area (Å²) in [4.78, 5) is 16.8. The van der Waals surface area contributed by atoms with Gasteiger partial charge in [-0.2, -0.15) is 0 Å². The van der Waals surface area contributed by atoms with E-state index in [2.05, 4.69) is 47.1 Å². The number of rotatable bonds is 2. The van der Waals surface area contributed by atoms with Crippen molar-refractivity contribution in [2.45, 2.75) is 39.2 Å². The molecule has 3 heterocycles. The number of anilines is 2. The molecule has 1 amide bonds. The molecule has 0 aliphatic carbocycles. The zero-order valence-electron chi connectivity index (χ0n) is 14.9. The summed E-state index contributed by atoms with van der Waals surface area (Å²) >= 11 is 0. The normalized spacial score (nSPS) is 22.8. The summed E-state index contributed by atoms with van der Waals surface area (Å²) in [6, 6.07) is 12.5. The molecule has 2 unspecified atom stereocenters. The molecule has 0 N–H and O–H groups in total. The Morgan fingerprint density at radius 2 is 1.96 bits per heavy atom. The number of amides is 1. The molecule has 25 heavy (non-hydrogen) atoms. The van der Waals surface area contributed by atoms with E-state index in [4.69, 9.17) is 0 Å². The lowest BCUT2D eigenvalue weighted by Crippen LogP contribution is -2.39. The van der Waals surface area contributed by atoms with Gasteiger partial charge in [-0.15, -0.1) is 10.2 Å². The van der Waals surface area contributed by atoms with Crippen LogP contribution in [0.2, 0.25) is 0 Å². The Kier molecular flexibility index (Phi) is 4.15. The zero-order valence-corrected chi connectivity index (χ0v) is 14.9. The summed E-state index contributed by atoms with van der Waals surface area (Å²) in [6.07, 6.45) is 3.27. The maximum absolute atomic E-state index is 12.7. The van der Waals surface area contributed by atoms with Crippen LogP contribution in [-0.2, 0) is 6.42 Å². The van der Waals surface area contributed by atoms with Crippen LogP contribution in [0.3, 0.4) is 0 Å². The Hall–Kier alpha value is -2.43. The van der Waals surface area contributed by atoms with Crippen LogP contribution in [-0.4, -0.2) is 40.1 Å². The molecular weight excluding hydrogens is 312 g/mol. The Morgan fingerprint density at radius 3 is 2.72 bits per heavy atom. The molecule has 2 aliphatic rings. The lowest BCUT2D eigenvalue weighted by atomic mass is 10.00. The number of fused-ring (bicyclic) bond motifs is 1. The summed E-state index contributed by atoms with van der Waals surface area (Å²) < 4.78 is 0. The molecule has 0 saturated carbocycles. The van der Waals surface area contributed by atoms with Gasteiger partial charge in [0.15, 0.2) is 11.5 Å². The van der Waals surface area contributed by atoms with Crippen molar-refractivity contribution in [3.8, 4) is 0 Å². The Morgan fingerprint density at radius 1 is 1.12 bits per heavy atom. The van der Waals surface area contributed by atoms with E-state index in [1.54, 1.807) is 0 Å². The van der Waals surface area contributed by atoms with Gasteiger partial charge in [-0.25, -0.2) is 0 Å². The first kappa shape index (κ1) is 16.1. The molecule has 0 spiro atoms. The molecule has 5 heteroatoms. The van der Waals surface area contributed by atoms with Crippen LogP contribution >= 0.6 is 0 Å². The summed E-state index contributed by atoms with van der Waals surface area (Å²) in [5.74, 6) is 1.37. The fraction of sp³-hybridized carbons (Fsp3) is 0.450. The minimum absolute atomic E-state index is 0.000436. The van der Waals surface area contributed by atoms with Crippen molar-refractivity contribution in [1.29, 1.82) is 0 Å². The van der Waals surface area contributed by atoms with Crippen molar-refractivity contribution in [3.05, 3.63) is 47.7 Å². The SMILES string of the molecule is CC1CCCN(C(=O)c2ccc(N3c4ccccc4CC3C)nn2)C1. The molecule has 1 aromatic carbocycles. The molecule has 4 rings (SSSR count). The van der Waals surface area contributed by atoms with Crippen LogP contribution in [0.5, 0.6) is 0 Å². The predicted octanol–water partition coefficient (Wildman–Crippen LogP) is 3.43. The van der Waals surface area contributed by atoms with Crippen LogP contribution in [0.25, 0.3) is 0 Å². The summed E-state index contributed by atoms with van der Waals surface area (Å²) in [6.45, 7) is 6.03. The van der Waals surface area contributed by atoms with Gasteiger partial charge in [0, 0.05) is 24.8 Å². The van der Waals surface area contributed by atoms with Gasteiger partial charge in [0.25, 0.3) is 5.91 Å². The van der Waals surface area contributed by atoms with Gasteiger partial charge in [-0.05, 0) is 55.9 Å². The predicted molar refractivity (Wildman–Crippen MR) is 98.1 cm³/mol. The highest BCUT2D eigenvalue weighted by Gasteiger charge is 2.28. The molecule has 2 aliphatic heterocycles. The molecule has 2 aromatic rings. The zero-order chi connectivity index (χ0) is 17.4. The highest BCUT2D eigenvalue weighted by Crippen LogP contribution is 2.36. The fourth-order valence-electron chi connectivity index (χ4n) is 4.02. The minimum atomic E-state index is 0.000436. The van der Waals surface area contributed by atoms with Crippen LogP contribution in [0.1, 0.15) is 42.7 Å². The van der Waals surface area contributed by atoms with Gasteiger partial charge in [-0.3, -0.25) is 4.79 Å². The van der Waals surface area contributed by atoms with Crippen LogP contribution in [0.15, 0.2) is 36.4 Å². The van der Waals surface area contributed by atoms with Crippen molar-refractivity contribution >= 4 is 17.4 Å². The number of carbonyl (C=O) groups excluding carboxylic acids is 1. The van der Waals surface area contributed by atoms with Gasteiger partial charge >= 0.3 is 0 Å². The van der Waals surface area contributed by atoms with Crippen LogP contribution in [0.4, 0.5) is 11.5 Å². The maximum Gasteiger partial charge on any atom is 0.274 e. The second-order valence-electron chi connectivity index (χ2n) is 7.33. The molecule has 130 valence electrons. The standard InChI is InChI=1S/C20H24N4O/c1-14-6-5-11-23(13-14)20(25)17-9-10-19(22-21-17)24-15(2)12-16-7-3-4-8-18(16)24/h3-4,7-10,14-15H,5-6,11-13H2,1-2H3. The second-order valence-corrected chi connectivity index (χ2v) is 7.33. The van der Waals surface area contributed by atoms with Gasteiger partial charge in [0.05, 0.1) is 0 Å². The van der Waals surface area contributed by atoms with E-state index in [1.165, 1.54) is 17.7 Å². The largest absolute Gasteiger partial charge is 0.337 e. The highest BCUT2D eigenvalue weighted by molar-refractivity contribution is 5.92. The summed E-state index contributed by atoms with van der Waals surface area (Å²) in [7, 11) is 0. The van der Waals surface area contributed by atoms with Crippen LogP contribution in [0, 0.1) is 5.92 Å². The van der Waals surface area contributed by atoms with Crippen LogP contribution < -0.4 is 4.90 Å². The first-order valence-corrected chi connectivity index (χ1v) is 9.13. The Labute approximate surface area is 148 Å². The van der Waals surface area contributed by atoms with Gasteiger partial charge in [-0.1, -0.05) is 25.1 Å². The lowest BCUT2D eigenvalue weighted by molar-refractivity contribution is 0.0676. The molecule has 2 atom stereocenters. The first-order valence-electron chi connectivity index (χ1n) is 9.13. The molecule has 0 bridgehead atoms. The second kappa shape index (κ2) is 6.47. The number of nitrogens with zero attached hydrogens (tertiary/aromatic N) is 4. The van der Waals surface area contributed by atoms with Gasteiger partial charge in [0.2, 0.25) is 0 Å². The molecular formula is C20H24N4O. The average molecular weight is 336 g/mol. The third-order valence-corrected chi connectivity index (χ3v) is 5.27. The molecule has 5 nitrogen and oxygen atoms in total. The van der Waals surface area contributed by atoms with E-state index >= 15 is 0 Å². The number of hydrogen-bond donors (Lipinski definition) is 0. The third kappa shape index (κ3) is 2.99. The minimum Gasteiger partial charge on any atom is -0.337 e. The lowest BCUT2D eigenvalue weighted by Gasteiger charge is -2.30. The molecule has 1 fully saturated rings. The van der Waals surface area contributed by atoms with Gasteiger partial charge < -0.3 is 9.80 Å². The van der Waals surface area contributed by atoms with E-state index < -0.39 is 0 Å². The topological polar surface area (TPSA) is 49.3 Å². The molecule has 0 radical (unpaired) electrons. The smallest absolute Gasteiger partial charge is 0.274 e. The monoisotopic (exact) mass is 336 g/mol. The molecule has 1 aromatic heterocycles. The first-order chi connectivity index (χ1) is 12.1. The number of para-hydroxylation sites is 1. The van der Waals surface area contributed by atoms with Crippen molar-refractivity contribution in [2.24, 2.45) is 5.92 Å². The summed E-state index contributed by atoms with van der Waals surface area (Å²) in [5.41, 5.74) is 2.96. The maximum atomic E-state index is 12.7. The van der Waals surface area contributed by atoms with Crippen molar-refractivity contribution in [2.75, 3.05) is 18.0 Å². The number of hydrogen-bond acceptors (Lipinski definition) is 4. The third-order valence-electron chi connectivity index (χ3n) is 5.27. The van der Waals surface area contributed by atoms with E-state index in [0.717, 1.165) is 31.7 Å². The van der Waals surface area contributed by atoms with Gasteiger partial charge in [0.1, 0.15) is 0 Å². The number of aromatic nitrogens is 2. The quantitative estimate of drug-likeness (QED) is 0.843. The Balaban J connectivity index is 1.55. The molecule has 1 saturated heterocycles. The average Bonchev–Trinajstić information content (AvgIpc) is 2.97. The van der Waals surface area contributed by atoms with Crippen molar-refractivity contribution in [3.63, 3.8) is 0 Å². The number of carbonyl (C=O) groups is 1.